The lowest BCUT2D eigenvalue weighted by Crippen LogP contribution is -2.29. The molecule has 0 aliphatic carbocycles. The van der Waals surface area contributed by atoms with Crippen LogP contribution < -0.4 is 9.47 Å². The van der Waals surface area contributed by atoms with Crippen LogP contribution in [0.1, 0.15) is 30.7 Å². The molecule has 2 aromatic heterocycles. The van der Waals surface area contributed by atoms with E-state index in [1.807, 2.05) is 83.5 Å². The first-order valence-electron chi connectivity index (χ1n) is 11.5. The summed E-state index contributed by atoms with van der Waals surface area (Å²) in [6.45, 7) is 3.94. The third-order valence-corrected chi connectivity index (χ3v) is 5.65. The van der Waals surface area contributed by atoms with Crippen molar-refractivity contribution in [2.75, 3.05) is 13.4 Å². The number of aromatic nitrogens is 2. The summed E-state index contributed by atoms with van der Waals surface area (Å²) in [5.41, 5.74) is 2.98. The van der Waals surface area contributed by atoms with E-state index in [9.17, 15) is 4.79 Å². The van der Waals surface area contributed by atoms with Gasteiger partial charge in [0.2, 0.25) is 5.78 Å². The summed E-state index contributed by atoms with van der Waals surface area (Å²) in [5.74, 6) is 1.97. The summed E-state index contributed by atoms with van der Waals surface area (Å²) in [6.07, 6.45) is 5.10. The minimum atomic E-state index is -1.61. The first-order valence-corrected chi connectivity index (χ1v) is 13.0. The van der Waals surface area contributed by atoms with Gasteiger partial charge in [-0.25, -0.2) is 9.19 Å². The second-order valence-electron chi connectivity index (χ2n) is 8.81. The number of benzene rings is 2. The average molecular weight is 521 g/mol. The minimum Gasteiger partial charge on any atom is -0.497 e. The van der Waals surface area contributed by atoms with E-state index in [0.717, 1.165) is 28.2 Å². The molecule has 4 aromatic rings. The molecule has 0 saturated heterocycles. The Hall–Kier alpha value is -3.95. The number of pyridine rings is 1. The quantitative estimate of drug-likeness (QED) is 0.357. The summed E-state index contributed by atoms with van der Waals surface area (Å²) in [7, 11) is 1.62. The van der Waals surface area contributed by atoms with E-state index < -0.39 is 16.7 Å². The number of hydrogen-bond donors (Lipinski definition) is 1. The van der Waals surface area contributed by atoms with E-state index in [4.69, 9.17) is 23.0 Å². The zero-order valence-electron chi connectivity index (χ0n) is 21.0. The van der Waals surface area contributed by atoms with Gasteiger partial charge in [-0.3, -0.25) is 4.79 Å². The number of hydrogen-bond acceptors (Lipinski definition) is 6. The highest BCUT2D eigenvalue weighted by Crippen LogP contribution is 2.41. The zero-order valence-corrected chi connectivity index (χ0v) is 21.8. The van der Waals surface area contributed by atoms with Crippen molar-refractivity contribution >= 4 is 33.8 Å². The fourth-order valence-electron chi connectivity index (χ4n) is 3.90. The maximum Gasteiger partial charge on any atom is 0.210 e. The predicted molar refractivity (Wildman–Crippen MR) is 143 cm³/mol. The lowest BCUT2D eigenvalue weighted by molar-refractivity contribution is -0.125. The molecule has 0 amide bonds. The Morgan fingerprint density at radius 1 is 1.00 bits per heavy atom. The number of carbonyl (C=O) groups excluding carboxylic acids is 1. The molecule has 1 atom stereocenters. The third-order valence-electron chi connectivity index (χ3n) is 5.65. The van der Waals surface area contributed by atoms with Crippen LogP contribution in [-0.2, 0) is 27.2 Å². The summed E-state index contributed by atoms with van der Waals surface area (Å²) in [6, 6.07) is 20.9. The zero-order chi connectivity index (χ0) is 26.6. The van der Waals surface area contributed by atoms with Gasteiger partial charge in [-0.1, -0.05) is 18.2 Å². The number of ether oxygens (including phenoxy) is 3. The van der Waals surface area contributed by atoms with Crippen molar-refractivity contribution in [3.8, 4) is 11.5 Å². The van der Waals surface area contributed by atoms with Crippen LogP contribution in [0.5, 0.6) is 11.5 Å². The summed E-state index contributed by atoms with van der Waals surface area (Å²) in [4.78, 5) is 17.7. The van der Waals surface area contributed by atoms with Crippen LogP contribution in [0.15, 0.2) is 79.1 Å². The number of carbonyl (C=O) groups is 1. The smallest absolute Gasteiger partial charge is 0.210 e. The molecule has 0 saturated carbocycles. The van der Waals surface area contributed by atoms with E-state index >= 15 is 0 Å². The number of methoxy groups -OCH3 is 1. The first kappa shape index (κ1) is 26.1. The maximum atomic E-state index is 13.2. The molecule has 1 aliphatic heterocycles. The van der Waals surface area contributed by atoms with E-state index in [2.05, 4.69) is 4.98 Å². The number of fused-ring (bicyclic) bond motifs is 1. The molecule has 37 heavy (non-hydrogen) atoms. The van der Waals surface area contributed by atoms with Crippen LogP contribution >= 0.6 is 0 Å². The van der Waals surface area contributed by atoms with Crippen molar-refractivity contribution in [1.82, 2.24) is 9.38 Å². The van der Waals surface area contributed by atoms with E-state index in [-0.39, 0.29) is 5.78 Å². The van der Waals surface area contributed by atoms with Gasteiger partial charge in [0.25, 0.3) is 0 Å². The summed E-state index contributed by atoms with van der Waals surface area (Å²) in [5, 5.41) is 0. The van der Waals surface area contributed by atoms with Gasteiger partial charge in [0.15, 0.2) is 5.60 Å². The van der Waals surface area contributed by atoms with E-state index in [1.165, 1.54) is 6.26 Å². The number of rotatable bonds is 6. The molecule has 1 aliphatic rings. The summed E-state index contributed by atoms with van der Waals surface area (Å²) < 4.78 is 35.9. The standard InChI is InChI=1S/C27H24N2O4.CH4O2S/c1-27(2)26(30)24(25(33-27)19-9-11-21(31-3)12-10-19)18-7-13-22(14-8-18)32-17-20-16-29-15-5-4-6-23(29)28-20;1-4(2)3/h4-16H,17H2,1-3H3;1H3,(H,2,3). The number of ketones is 1. The molecule has 0 bridgehead atoms. The van der Waals surface area contributed by atoms with Crippen molar-refractivity contribution in [2.45, 2.75) is 26.1 Å². The Balaban J connectivity index is 0.000000747. The fraction of sp³-hybridized carbons (Fsp3) is 0.214. The third kappa shape index (κ3) is 6.07. The Morgan fingerprint density at radius 2 is 1.62 bits per heavy atom. The van der Waals surface area contributed by atoms with Crippen LogP contribution in [0.4, 0.5) is 0 Å². The number of nitrogens with zero attached hydrogens (tertiary/aromatic N) is 2. The molecular formula is C28H28N2O6S. The van der Waals surface area contributed by atoms with Gasteiger partial charge in [0, 0.05) is 24.2 Å². The van der Waals surface area contributed by atoms with Crippen molar-refractivity contribution in [3.05, 3.63) is 95.9 Å². The van der Waals surface area contributed by atoms with Crippen LogP contribution in [0.2, 0.25) is 0 Å². The molecule has 2 aromatic carbocycles. The lowest BCUT2D eigenvalue weighted by atomic mass is 9.92. The van der Waals surface area contributed by atoms with Crippen LogP contribution in [0.25, 0.3) is 17.0 Å². The molecule has 8 nitrogen and oxygen atoms in total. The monoisotopic (exact) mass is 520 g/mol. The maximum absolute atomic E-state index is 13.2. The number of Topliss-reactive ketones (excluding diaryl/α,β-unsaturated/α-hetero) is 1. The molecule has 0 radical (unpaired) electrons. The van der Waals surface area contributed by atoms with Gasteiger partial charge < -0.3 is 23.2 Å². The van der Waals surface area contributed by atoms with Crippen LogP contribution in [-0.4, -0.2) is 42.9 Å². The number of imidazole rings is 1. The van der Waals surface area contributed by atoms with Crippen LogP contribution in [0, 0.1) is 0 Å². The summed E-state index contributed by atoms with van der Waals surface area (Å²) >= 11 is -1.61. The largest absolute Gasteiger partial charge is 0.497 e. The van der Waals surface area contributed by atoms with Gasteiger partial charge in [0.05, 0.1) is 18.4 Å². The van der Waals surface area contributed by atoms with Crippen molar-refractivity contribution in [2.24, 2.45) is 0 Å². The Kier molecular flexibility index (Phi) is 7.75. The molecule has 192 valence electrons. The highest BCUT2D eigenvalue weighted by molar-refractivity contribution is 7.78. The Bertz CT molecular complexity index is 1420. The van der Waals surface area contributed by atoms with Gasteiger partial charge in [0.1, 0.15) is 40.6 Å². The molecule has 5 rings (SSSR count). The van der Waals surface area contributed by atoms with Crippen LogP contribution in [0.3, 0.4) is 0 Å². The normalized spacial score (nSPS) is 15.1. The lowest BCUT2D eigenvalue weighted by Gasteiger charge is -2.17. The molecule has 3 heterocycles. The van der Waals surface area contributed by atoms with Gasteiger partial charge in [-0.15, -0.1) is 0 Å². The topological polar surface area (TPSA) is 99.4 Å². The second kappa shape index (κ2) is 11.0. The SMILES string of the molecule is COc1ccc(C2=C(c3ccc(OCc4cn5ccccc5n4)cc3)C(=O)C(C)(C)O2)cc1.CS(=O)O. The first-order chi connectivity index (χ1) is 17.7. The molecule has 1 N–H and O–H groups in total. The van der Waals surface area contributed by atoms with Gasteiger partial charge >= 0.3 is 0 Å². The average Bonchev–Trinajstić information content (AvgIpc) is 3.40. The highest BCUT2D eigenvalue weighted by Gasteiger charge is 2.42. The molecular weight excluding hydrogens is 492 g/mol. The highest BCUT2D eigenvalue weighted by atomic mass is 32.2. The minimum absolute atomic E-state index is 0.0494. The predicted octanol–water partition coefficient (Wildman–Crippen LogP) is 5.01. The van der Waals surface area contributed by atoms with Gasteiger partial charge in [-0.2, -0.15) is 0 Å². The molecule has 0 spiro atoms. The Labute approximate surface area is 217 Å². The van der Waals surface area contributed by atoms with E-state index in [0.29, 0.717) is 23.7 Å². The molecule has 1 unspecified atom stereocenters. The fourth-order valence-corrected chi connectivity index (χ4v) is 3.90. The van der Waals surface area contributed by atoms with Crippen molar-refractivity contribution in [1.29, 1.82) is 0 Å². The van der Waals surface area contributed by atoms with Crippen molar-refractivity contribution in [3.63, 3.8) is 0 Å². The van der Waals surface area contributed by atoms with Gasteiger partial charge in [-0.05, 0) is 67.9 Å². The van der Waals surface area contributed by atoms with E-state index in [1.54, 1.807) is 21.0 Å². The molecule has 9 heteroatoms. The second-order valence-corrected chi connectivity index (χ2v) is 9.66. The Morgan fingerprint density at radius 3 is 2.24 bits per heavy atom. The molecule has 0 fully saturated rings. The van der Waals surface area contributed by atoms with Crippen molar-refractivity contribution < 1.29 is 27.8 Å².